The van der Waals surface area contributed by atoms with Crippen LogP contribution in [0.4, 0.5) is 0 Å². The van der Waals surface area contributed by atoms with Gasteiger partial charge in [-0.25, -0.2) is 0 Å². The Kier molecular flexibility index (Phi) is 7.81. The predicted molar refractivity (Wildman–Crippen MR) is 76.4 cm³/mol. The minimum atomic E-state index is -0.855. The summed E-state index contributed by atoms with van der Waals surface area (Å²) >= 11 is 0. The second-order valence-electron chi connectivity index (χ2n) is 5.42. The molecule has 0 saturated heterocycles. The Hall–Kier alpha value is -0.820. The number of hydrogen-bond acceptors (Lipinski definition) is 3. The fourth-order valence-corrected chi connectivity index (χ4v) is 2.03. The van der Waals surface area contributed by atoms with Crippen molar-refractivity contribution < 1.29 is 15.3 Å². The highest BCUT2D eigenvalue weighted by atomic mass is 16.3. The molecule has 19 heavy (non-hydrogen) atoms. The van der Waals surface area contributed by atoms with Crippen molar-refractivity contribution >= 4 is 0 Å². The van der Waals surface area contributed by atoms with Crippen LogP contribution in [0.5, 0.6) is 0 Å². The molecule has 1 rings (SSSR count). The van der Waals surface area contributed by atoms with E-state index in [-0.39, 0.29) is 6.42 Å². The molecule has 0 aromatic rings. The third-order valence-electron chi connectivity index (χ3n) is 3.54. The smallest absolute Gasteiger partial charge is 0.133 e. The van der Waals surface area contributed by atoms with E-state index in [1.54, 1.807) is 0 Å². The highest BCUT2D eigenvalue weighted by Gasteiger charge is 2.20. The maximum Gasteiger partial charge on any atom is 0.133 e. The average Bonchev–Trinajstić information content (AvgIpc) is 3.21. The van der Waals surface area contributed by atoms with E-state index in [0.29, 0.717) is 6.42 Å². The van der Waals surface area contributed by atoms with Crippen molar-refractivity contribution in [3.8, 4) is 11.8 Å². The zero-order valence-corrected chi connectivity index (χ0v) is 11.6. The van der Waals surface area contributed by atoms with E-state index in [2.05, 4.69) is 18.4 Å². The maximum absolute atomic E-state index is 9.76. The first-order valence-corrected chi connectivity index (χ1v) is 7.28. The largest absolute Gasteiger partial charge is 0.390 e. The molecule has 1 aliphatic rings. The number of rotatable bonds is 9. The Bertz CT molecular complexity index is 312. The molecule has 0 aliphatic heterocycles. The summed E-state index contributed by atoms with van der Waals surface area (Å²) in [7, 11) is 0. The van der Waals surface area contributed by atoms with Crippen LogP contribution in [0.2, 0.25) is 0 Å². The lowest BCUT2D eigenvalue weighted by atomic mass is 10.0. The molecule has 3 nitrogen and oxygen atoms in total. The average molecular weight is 266 g/mol. The van der Waals surface area contributed by atoms with Gasteiger partial charge < -0.3 is 15.3 Å². The van der Waals surface area contributed by atoms with Crippen LogP contribution in [-0.4, -0.2) is 33.6 Å². The van der Waals surface area contributed by atoms with Gasteiger partial charge in [0.15, 0.2) is 0 Å². The van der Waals surface area contributed by atoms with E-state index in [4.69, 9.17) is 5.11 Å². The molecule has 0 aromatic heterocycles. The number of hydrogen-bond donors (Lipinski definition) is 3. The summed E-state index contributed by atoms with van der Waals surface area (Å²) < 4.78 is 0. The van der Waals surface area contributed by atoms with Crippen LogP contribution in [-0.2, 0) is 0 Å². The van der Waals surface area contributed by atoms with Gasteiger partial charge >= 0.3 is 0 Å². The second kappa shape index (κ2) is 9.14. The third kappa shape index (κ3) is 8.05. The van der Waals surface area contributed by atoms with Crippen molar-refractivity contribution in [2.45, 2.75) is 69.7 Å². The lowest BCUT2D eigenvalue weighted by molar-refractivity contribution is 0.0164. The van der Waals surface area contributed by atoms with E-state index in [1.807, 2.05) is 0 Å². The predicted octanol–water partition coefficient (Wildman–Crippen LogP) is 2.01. The molecule has 0 radical (unpaired) electrons. The van der Waals surface area contributed by atoms with Gasteiger partial charge in [-0.2, -0.15) is 0 Å². The first-order chi connectivity index (χ1) is 9.13. The summed E-state index contributed by atoms with van der Waals surface area (Å²) in [6.45, 7) is 3.40. The molecule has 108 valence electrons. The van der Waals surface area contributed by atoms with Crippen LogP contribution in [0.25, 0.3) is 0 Å². The normalized spacial score (nSPS) is 19.1. The van der Waals surface area contributed by atoms with Gasteiger partial charge in [-0.3, -0.25) is 0 Å². The minimum Gasteiger partial charge on any atom is -0.390 e. The number of aliphatic hydroxyl groups is 3. The second-order valence-corrected chi connectivity index (χ2v) is 5.42. The quantitative estimate of drug-likeness (QED) is 0.340. The van der Waals surface area contributed by atoms with Gasteiger partial charge in [-0.15, -0.1) is 0 Å². The molecule has 0 aromatic carbocycles. The van der Waals surface area contributed by atoms with E-state index >= 15 is 0 Å². The lowest BCUT2D eigenvalue weighted by Gasteiger charge is -2.15. The Morgan fingerprint density at radius 1 is 1.11 bits per heavy atom. The molecule has 1 saturated carbocycles. The van der Waals surface area contributed by atoms with E-state index < -0.39 is 18.3 Å². The van der Waals surface area contributed by atoms with E-state index in [0.717, 1.165) is 18.8 Å². The Morgan fingerprint density at radius 2 is 1.84 bits per heavy atom. The van der Waals surface area contributed by atoms with E-state index in [1.165, 1.54) is 31.8 Å². The van der Waals surface area contributed by atoms with Crippen molar-refractivity contribution in [3.05, 3.63) is 12.7 Å². The van der Waals surface area contributed by atoms with Crippen molar-refractivity contribution in [1.29, 1.82) is 0 Å². The summed E-state index contributed by atoms with van der Waals surface area (Å²) in [6, 6.07) is 0. The molecule has 1 fully saturated rings. The molecule has 0 spiro atoms. The van der Waals surface area contributed by atoms with E-state index in [9.17, 15) is 10.2 Å². The molecule has 0 amide bonds. The van der Waals surface area contributed by atoms with Crippen LogP contribution in [0.1, 0.15) is 51.4 Å². The lowest BCUT2D eigenvalue weighted by Crippen LogP contribution is -2.25. The Labute approximate surface area is 116 Å². The fraction of sp³-hybridized carbons (Fsp3) is 0.750. The van der Waals surface area contributed by atoms with Gasteiger partial charge in [0.05, 0.1) is 12.2 Å². The molecular formula is C16H26O3. The van der Waals surface area contributed by atoms with Crippen molar-refractivity contribution in [1.82, 2.24) is 0 Å². The van der Waals surface area contributed by atoms with Gasteiger partial charge in [0.25, 0.3) is 0 Å². The summed E-state index contributed by atoms with van der Waals surface area (Å²) in [5, 5.41) is 28.6. The summed E-state index contributed by atoms with van der Waals surface area (Å²) in [4.78, 5) is 0. The molecule has 3 atom stereocenters. The first-order valence-electron chi connectivity index (χ1n) is 7.28. The fourth-order valence-electron chi connectivity index (χ4n) is 2.03. The molecule has 0 bridgehead atoms. The summed E-state index contributed by atoms with van der Waals surface area (Å²) in [5.41, 5.74) is 0. The van der Waals surface area contributed by atoms with Crippen LogP contribution in [0, 0.1) is 17.8 Å². The highest BCUT2D eigenvalue weighted by molar-refractivity contribution is 5.11. The van der Waals surface area contributed by atoms with Crippen LogP contribution in [0.3, 0.4) is 0 Å². The minimum absolute atomic E-state index is 0.189. The van der Waals surface area contributed by atoms with Crippen molar-refractivity contribution in [3.63, 3.8) is 0 Å². The number of unbranched alkanes of at least 4 members (excludes halogenated alkanes) is 2. The highest BCUT2D eigenvalue weighted by Crippen LogP contribution is 2.34. The molecule has 3 heteroatoms. The van der Waals surface area contributed by atoms with Crippen LogP contribution >= 0.6 is 0 Å². The Balaban J connectivity index is 2.03. The van der Waals surface area contributed by atoms with Gasteiger partial charge in [0.1, 0.15) is 6.10 Å². The molecule has 0 heterocycles. The van der Waals surface area contributed by atoms with Crippen LogP contribution in [0.15, 0.2) is 12.7 Å². The first kappa shape index (κ1) is 16.2. The van der Waals surface area contributed by atoms with Crippen molar-refractivity contribution in [2.24, 2.45) is 5.92 Å². The van der Waals surface area contributed by atoms with Gasteiger partial charge in [-0.05, 0) is 12.3 Å². The summed E-state index contributed by atoms with van der Waals surface area (Å²) in [5.74, 6) is 6.16. The Morgan fingerprint density at radius 3 is 2.47 bits per heavy atom. The summed E-state index contributed by atoms with van der Waals surface area (Å²) in [6.07, 6.45) is 7.18. The van der Waals surface area contributed by atoms with Gasteiger partial charge in [0.2, 0.25) is 0 Å². The zero-order chi connectivity index (χ0) is 14.1. The van der Waals surface area contributed by atoms with Crippen LogP contribution < -0.4 is 0 Å². The maximum atomic E-state index is 9.76. The molecular weight excluding hydrogens is 240 g/mol. The topological polar surface area (TPSA) is 60.7 Å². The molecule has 3 N–H and O–H groups in total. The zero-order valence-electron chi connectivity index (χ0n) is 11.6. The third-order valence-corrected chi connectivity index (χ3v) is 3.54. The standard InChI is InChI=1S/C16H26O3/c1-2-14(17)8-6-10-16(19)15(18)9-5-3-4-7-13-11-12-13/h2,13-19H,1,3-5,7,9-12H2/t14-,15+,16+/m0/s1. The monoisotopic (exact) mass is 266 g/mol. The SMILES string of the molecule is C=C[C@H](O)C#CC[C@@H](O)[C@H](O)CCCCCC1CC1. The van der Waals surface area contributed by atoms with Gasteiger partial charge in [0, 0.05) is 6.42 Å². The molecule has 1 aliphatic carbocycles. The molecule has 0 unspecified atom stereocenters. The van der Waals surface area contributed by atoms with Crippen molar-refractivity contribution in [2.75, 3.05) is 0 Å². The van der Waals surface area contributed by atoms with Gasteiger partial charge in [-0.1, -0.05) is 63.0 Å². The number of aliphatic hydroxyl groups excluding tert-OH is 3.